The van der Waals surface area contributed by atoms with Crippen LogP contribution in [0.15, 0.2) is 46.9 Å². The maximum Gasteiger partial charge on any atom is 0.442 e. The van der Waals surface area contributed by atoms with Gasteiger partial charge < -0.3 is 9.42 Å². The fourth-order valence-corrected chi connectivity index (χ4v) is 4.21. The molecule has 0 heterocycles. The largest absolute Gasteiger partial charge is 0.442 e. The fraction of sp³-hybridized carbons (Fsp3) is 0.200. The molecule has 3 nitrogen and oxygen atoms in total. The molecule has 2 aromatic rings. The lowest BCUT2D eigenvalue weighted by Gasteiger charge is -2.14. The van der Waals surface area contributed by atoms with E-state index in [2.05, 4.69) is 67.3 Å². The number of hydrogen-bond donors (Lipinski definition) is 1. The van der Waals surface area contributed by atoms with Crippen LogP contribution < -0.4 is 4.52 Å². The number of alkyl halides is 2. The molecule has 24 heavy (non-hydrogen) atoms. The number of halogens is 4. The van der Waals surface area contributed by atoms with Gasteiger partial charge in [0.05, 0.1) is 4.47 Å². The van der Waals surface area contributed by atoms with Gasteiger partial charge in [-0.25, -0.2) is 4.57 Å². The zero-order valence-electron chi connectivity index (χ0n) is 12.2. The van der Waals surface area contributed by atoms with Crippen LogP contribution in [0.2, 0.25) is 0 Å². The molecule has 0 bridgehead atoms. The van der Waals surface area contributed by atoms with Gasteiger partial charge in [0.15, 0.2) is 0 Å². The first kappa shape index (κ1) is 20.2. The monoisotopic (exact) mass is 548 g/mol. The number of hydrogen-bond acceptors (Lipinski definition) is 3. The molecular weight excluding hydrogens is 536 g/mol. The first-order valence-corrected chi connectivity index (χ1v) is 11.4. The second-order valence-electron chi connectivity index (χ2n) is 4.82. The van der Waals surface area contributed by atoms with E-state index in [0.29, 0.717) is 4.47 Å². The predicted molar refractivity (Wildman–Crippen MR) is 105 cm³/mol. The van der Waals surface area contributed by atoms with Crippen molar-refractivity contribution in [1.29, 1.82) is 0 Å². The molecule has 2 rings (SSSR count). The van der Waals surface area contributed by atoms with Crippen LogP contribution in [-0.2, 0) is 16.1 Å². The molecule has 0 amide bonds. The SMILES string of the molecule is O=P(O)(Oc1ccc(CSCc2ccc(I)cc2)cc1Br)C(F)F. The van der Waals surface area contributed by atoms with Crippen molar-refractivity contribution in [1.82, 2.24) is 0 Å². The summed E-state index contributed by atoms with van der Waals surface area (Å²) in [6.07, 6.45) is -3.44. The molecule has 0 aliphatic rings. The molecule has 1 N–H and O–H groups in total. The minimum Gasteiger partial charge on any atom is -0.420 e. The molecule has 0 aliphatic heterocycles. The van der Waals surface area contributed by atoms with Crippen LogP contribution >= 0.6 is 57.9 Å². The van der Waals surface area contributed by atoms with Crippen molar-refractivity contribution in [2.45, 2.75) is 17.7 Å². The lowest BCUT2D eigenvalue weighted by molar-refractivity contribution is 0.188. The first-order valence-electron chi connectivity index (χ1n) is 6.69. The minimum absolute atomic E-state index is 0.0764. The molecule has 0 spiro atoms. The van der Waals surface area contributed by atoms with Gasteiger partial charge in [-0.2, -0.15) is 20.5 Å². The maximum atomic E-state index is 12.4. The van der Waals surface area contributed by atoms with Crippen molar-refractivity contribution in [2.24, 2.45) is 0 Å². The lowest BCUT2D eigenvalue weighted by Crippen LogP contribution is -2.01. The summed E-state index contributed by atoms with van der Waals surface area (Å²) in [7, 11) is -4.96. The van der Waals surface area contributed by atoms with E-state index in [0.717, 1.165) is 17.1 Å². The van der Waals surface area contributed by atoms with Crippen molar-refractivity contribution >= 4 is 57.9 Å². The Morgan fingerprint density at radius 2 is 1.75 bits per heavy atom. The summed E-state index contributed by atoms with van der Waals surface area (Å²) >= 11 is 7.15. The third-order valence-corrected chi connectivity index (χ3v) is 6.29. The van der Waals surface area contributed by atoms with Crippen LogP contribution in [0.25, 0.3) is 0 Å². The van der Waals surface area contributed by atoms with Gasteiger partial charge >= 0.3 is 13.8 Å². The summed E-state index contributed by atoms with van der Waals surface area (Å²) in [5.41, 5.74) is 2.17. The van der Waals surface area contributed by atoms with Crippen LogP contribution in [0.4, 0.5) is 8.78 Å². The zero-order chi connectivity index (χ0) is 17.7. The van der Waals surface area contributed by atoms with E-state index in [9.17, 15) is 13.3 Å². The normalized spacial score (nSPS) is 13.8. The van der Waals surface area contributed by atoms with Crippen molar-refractivity contribution in [3.63, 3.8) is 0 Å². The van der Waals surface area contributed by atoms with Gasteiger partial charge in [-0.3, -0.25) is 0 Å². The minimum atomic E-state index is -4.96. The van der Waals surface area contributed by atoms with E-state index in [4.69, 9.17) is 4.89 Å². The molecular formula is C15H13BrF2IO3PS. The molecule has 0 radical (unpaired) electrons. The van der Waals surface area contributed by atoms with Crippen molar-refractivity contribution in [3.05, 3.63) is 61.6 Å². The van der Waals surface area contributed by atoms with E-state index in [1.54, 1.807) is 23.9 Å². The first-order chi connectivity index (χ1) is 11.3. The lowest BCUT2D eigenvalue weighted by atomic mass is 10.2. The topological polar surface area (TPSA) is 46.5 Å². The highest BCUT2D eigenvalue weighted by Crippen LogP contribution is 2.50. The van der Waals surface area contributed by atoms with Crippen molar-refractivity contribution in [3.8, 4) is 5.75 Å². The highest BCUT2D eigenvalue weighted by atomic mass is 127. The third kappa shape index (κ3) is 5.98. The quantitative estimate of drug-likeness (QED) is 0.327. The molecule has 0 saturated heterocycles. The molecule has 2 aromatic carbocycles. The Balaban J connectivity index is 1.94. The number of thioether (sulfide) groups is 1. The van der Waals surface area contributed by atoms with Crippen molar-refractivity contribution < 1.29 is 22.8 Å². The summed E-state index contributed by atoms with van der Waals surface area (Å²) in [4.78, 5) is 9.08. The molecule has 0 saturated carbocycles. The van der Waals surface area contributed by atoms with Gasteiger partial charge in [0, 0.05) is 15.1 Å². The fourth-order valence-electron chi connectivity index (χ4n) is 1.76. The standard InChI is InChI=1S/C15H13BrF2IO3PS/c16-13-7-11(3-6-14(13)22-23(20,21)15(17)18)9-24-8-10-1-4-12(19)5-2-10/h1-7,15H,8-9H2,(H,20,21). The predicted octanol–water partition coefficient (Wildman–Crippen LogP) is 6.27. The maximum absolute atomic E-state index is 12.4. The third-order valence-electron chi connectivity index (χ3n) is 2.92. The molecule has 0 fully saturated rings. The van der Waals surface area contributed by atoms with Gasteiger partial charge in [-0.1, -0.05) is 18.2 Å². The van der Waals surface area contributed by atoms with Gasteiger partial charge in [0.1, 0.15) is 5.75 Å². The number of benzene rings is 2. The summed E-state index contributed by atoms with van der Waals surface area (Å²) < 4.78 is 42.1. The average Bonchev–Trinajstić information content (AvgIpc) is 2.51. The average molecular weight is 549 g/mol. The Kier molecular flexibility index (Phi) is 7.55. The molecule has 130 valence electrons. The zero-order valence-corrected chi connectivity index (χ0v) is 17.6. The van der Waals surface area contributed by atoms with E-state index in [1.165, 1.54) is 15.2 Å². The van der Waals surface area contributed by atoms with Crippen LogP contribution in [0.1, 0.15) is 11.1 Å². The van der Waals surface area contributed by atoms with Gasteiger partial charge in [0.2, 0.25) is 0 Å². The van der Waals surface area contributed by atoms with Gasteiger partial charge in [0.25, 0.3) is 0 Å². The summed E-state index contributed by atoms with van der Waals surface area (Å²) in [5, 5.41) is 0. The van der Waals surface area contributed by atoms with E-state index in [1.807, 2.05) is 0 Å². The van der Waals surface area contributed by atoms with Crippen LogP contribution in [0, 0.1) is 3.57 Å². The van der Waals surface area contributed by atoms with E-state index >= 15 is 0 Å². The number of rotatable bonds is 7. The second-order valence-corrected chi connectivity index (χ2v) is 9.60. The molecule has 9 heteroatoms. The Morgan fingerprint density at radius 1 is 1.17 bits per heavy atom. The van der Waals surface area contributed by atoms with E-state index in [-0.39, 0.29) is 5.75 Å². The molecule has 1 atom stereocenters. The highest BCUT2D eigenvalue weighted by molar-refractivity contribution is 14.1. The molecule has 0 aliphatic carbocycles. The summed E-state index contributed by atoms with van der Waals surface area (Å²) in [6.45, 7) is 0. The van der Waals surface area contributed by atoms with Gasteiger partial charge in [-0.15, -0.1) is 0 Å². The Hall–Kier alpha value is -0.150. The second kappa shape index (κ2) is 8.98. The van der Waals surface area contributed by atoms with Gasteiger partial charge in [-0.05, 0) is 73.9 Å². The Morgan fingerprint density at radius 3 is 2.33 bits per heavy atom. The van der Waals surface area contributed by atoms with Crippen LogP contribution in [-0.4, -0.2) is 11.1 Å². The summed E-state index contributed by atoms with van der Waals surface area (Å²) in [5.74, 6) is 1.49. The van der Waals surface area contributed by atoms with Crippen LogP contribution in [0.5, 0.6) is 5.75 Å². The Bertz CT molecular complexity index is 746. The Labute approximate surface area is 165 Å². The molecule has 1 unspecified atom stereocenters. The van der Waals surface area contributed by atoms with Crippen molar-refractivity contribution in [2.75, 3.05) is 0 Å². The highest BCUT2D eigenvalue weighted by Gasteiger charge is 2.34. The van der Waals surface area contributed by atoms with E-state index < -0.39 is 13.8 Å². The van der Waals surface area contributed by atoms with Crippen LogP contribution in [0.3, 0.4) is 0 Å². The molecule has 0 aromatic heterocycles. The smallest absolute Gasteiger partial charge is 0.420 e. The summed E-state index contributed by atoms with van der Waals surface area (Å²) in [6, 6.07) is 13.0.